The molecule has 0 atom stereocenters. The van der Waals surface area contributed by atoms with E-state index in [-0.39, 0.29) is 0 Å². The molecule has 0 unspecified atom stereocenters. The highest BCUT2D eigenvalue weighted by atomic mass is 79.9. The van der Waals surface area contributed by atoms with Gasteiger partial charge in [0.1, 0.15) is 11.5 Å². The first-order chi connectivity index (χ1) is 5.11. The van der Waals surface area contributed by atoms with Crippen LogP contribution < -0.4 is 0 Å². The Morgan fingerprint density at radius 1 is 1.64 bits per heavy atom. The van der Waals surface area contributed by atoms with Crippen molar-refractivity contribution in [3.63, 3.8) is 0 Å². The van der Waals surface area contributed by atoms with Crippen LogP contribution in [-0.4, -0.2) is 5.11 Å². The highest BCUT2D eigenvalue weighted by Crippen LogP contribution is 2.18. The number of hydrogen-bond acceptors (Lipinski definition) is 2. The summed E-state index contributed by atoms with van der Waals surface area (Å²) in [6.07, 6.45) is 0.879. The molecule has 0 bridgehead atoms. The molecule has 1 N–H and O–H groups in total. The molecule has 0 aliphatic heterocycles. The zero-order chi connectivity index (χ0) is 8.85. The second-order valence-corrected chi connectivity index (χ2v) is 3.03. The Bertz CT molecular complexity index is 206. The third-order valence-corrected chi connectivity index (χ3v) is 2.11. The van der Waals surface area contributed by atoms with E-state index in [2.05, 4.69) is 38.4 Å². The molecule has 0 aromatic heterocycles. The third-order valence-electron chi connectivity index (χ3n) is 0.818. The van der Waals surface area contributed by atoms with Crippen LogP contribution in [0.15, 0.2) is 33.8 Å². The molecule has 0 rings (SSSR count). The molecule has 0 aromatic rings. The monoisotopic (exact) mass is 282 g/mol. The fourth-order valence-electron chi connectivity index (χ4n) is 0.337. The molecule has 2 nitrogen and oxygen atoms in total. The summed E-state index contributed by atoms with van der Waals surface area (Å²) in [5, 5.41) is 8.51. The average molecular weight is 284 g/mol. The van der Waals surface area contributed by atoms with E-state index in [0.717, 1.165) is 6.26 Å². The fraction of sp³-hybridized carbons (Fsp3) is 0.143. The highest BCUT2D eigenvalue weighted by Gasteiger charge is 1.99. The summed E-state index contributed by atoms with van der Waals surface area (Å²) in [6, 6.07) is 0. The molecule has 11 heavy (non-hydrogen) atoms. The molecule has 4 heteroatoms. The maximum atomic E-state index is 8.51. The first-order valence-corrected chi connectivity index (χ1v) is 4.46. The minimum atomic E-state index is 0.362. The normalized spacial score (nSPS) is 13.0. The smallest absolute Gasteiger partial charge is 0.137 e. The molecular weight excluding hydrogens is 276 g/mol. The van der Waals surface area contributed by atoms with Crippen molar-refractivity contribution in [1.82, 2.24) is 0 Å². The zero-order valence-corrected chi connectivity index (χ0v) is 9.15. The SMILES string of the molecule is C=C(O/C(C)=C\Br)/C(Br)=C/O. The van der Waals surface area contributed by atoms with Crippen LogP contribution in [0.3, 0.4) is 0 Å². The van der Waals surface area contributed by atoms with Gasteiger partial charge >= 0.3 is 0 Å². The maximum Gasteiger partial charge on any atom is 0.137 e. The first kappa shape index (κ1) is 10.8. The van der Waals surface area contributed by atoms with Crippen molar-refractivity contribution in [2.45, 2.75) is 6.92 Å². The molecule has 0 aromatic carbocycles. The minimum absolute atomic E-state index is 0.362. The van der Waals surface area contributed by atoms with E-state index in [4.69, 9.17) is 9.84 Å². The number of rotatable bonds is 3. The van der Waals surface area contributed by atoms with Gasteiger partial charge in [0.25, 0.3) is 0 Å². The lowest BCUT2D eigenvalue weighted by Gasteiger charge is -2.05. The maximum absolute atomic E-state index is 8.51. The van der Waals surface area contributed by atoms with Crippen molar-refractivity contribution in [1.29, 1.82) is 0 Å². The Hall–Kier alpha value is -0.220. The number of hydrogen-bond donors (Lipinski definition) is 1. The van der Waals surface area contributed by atoms with Gasteiger partial charge in [0.05, 0.1) is 10.7 Å². The van der Waals surface area contributed by atoms with Gasteiger partial charge in [0.15, 0.2) is 0 Å². The van der Waals surface area contributed by atoms with E-state index in [1.807, 2.05) is 0 Å². The lowest BCUT2D eigenvalue weighted by atomic mass is 10.5. The molecular formula is C7H8Br2O2. The number of halogens is 2. The summed E-state index contributed by atoms with van der Waals surface area (Å²) >= 11 is 6.13. The summed E-state index contributed by atoms with van der Waals surface area (Å²) in [7, 11) is 0. The molecule has 0 saturated carbocycles. The molecule has 0 radical (unpaired) electrons. The number of aliphatic hydroxyl groups excluding tert-OH is 1. The van der Waals surface area contributed by atoms with Crippen LogP contribution in [-0.2, 0) is 4.74 Å². The standard InChI is InChI=1S/C7H8Br2O2/c1-5(3-8)11-6(2)7(9)4-10/h3-4,10H,2H2,1H3/b5-3-,7-4-. The van der Waals surface area contributed by atoms with E-state index in [9.17, 15) is 0 Å². The van der Waals surface area contributed by atoms with Gasteiger partial charge in [-0.05, 0) is 22.9 Å². The van der Waals surface area contributed by atoms with E-state index >= 15 is 0 Å². The molecule has 0 aliphatic carbocycles. The van der Waals surface area contributed by atoms with Crippen LogP contribution in [0, 0.1) is 0 Å². The Labute approximate surface area is 82.5 Å². The Morgan fingerprint density at radius 3 is 2.55 bits per heavy atom. The average Bonchev–Trinajstić information content (AvgIpc) is 2.02. The Balaban J connectivity index is 4.10. The predicted molar refractivity (Wildman–Crippen MR) is 52.5 cm³/mol. The van der Waals surface area contributed by atoms with Crippen LogP contribution in [0.25, 0.3) is 0 Å². The Kier molecular flexibility index (Phi) is 5.32. The zero-order valence-electron chi connectivity index (χ0n) is 5.97. The number of ether oxygens (including phenoxy) is 1. The number of aliphatic hydroxyl groups is 1. The van der Waals surface area contributed by atoms with Gasteiger partial charge in [0, 0.05) is 4.99 Å². The van der Waals surface area contributed by atoms with E-state index in [1.54, 1.807) is 11.9 Å². The van der Waals surface area contributed by atoms with Gasteiger partial charge in [0.2, 0.25) is 0 Å². The van der Waals surface area contributed by atoms with Crippen molar-refractivity contribution in [3.8, 4) is 0 Å². The lowest BCUT2D eigenvalue weighted by Crippen LogP contribution is -1.87. The molecule has 0 saturated heterocycles. The molecule has 0 spiro atoms. The first-order valence-electron chi connectivity index (χ1n) is 2.75. The third kappa shape index (κ3) is 4.27. The summed E-state index contributed by atoms with van der Waals surface area (Å²) in [4.78, 5) is 1.62. The van der Waals surface area contributed by atoms with Crippen LogP contribution in [0.5, 0.6) is 0 Å². The van der Waals surface area contributed by atoms with Crippen LogP contribution in [0.2, 0.25) is 0 Å². The quantitative estimate of drug-likeness (QED) is 0.634. The molecule has 0 heterocycles. The molecule has 0 aliphatic rings. The predicted octanol–water partition coefficient (Wildman–Crippen LogP) is 3.57. The molecule has 0 amide bonds. The van der Waals surface area contributed by atoms with Gasteiger partial charge in [-0.2, -0.15) is 0 Å². The van der Waals surface area contributed by atoms with Crippen molar-refractivity contribution < 1.29 is 9.84 Å². The summed E-state index contributed by atoms with van der Waals surface area (Å²) in [5.41, 5.74) is 0. The van der Waals surface area contributed by atoms with E-state index in [0.29, 0.717) is 16.0 Å². The van der Waals surface area contributed by atoms with Crippen molar-refractivity contribution >= 4 is 31.9 Å². The molecule has 62 valence electrons. The van der Waals surface area contributed by atoms with E-state index < -0.39 is 0 Å². The van der Waals surface area contributed by atoms with Crippen molar-refractivity contribution in [2.75, 3.05) is 0 Å². The number of allylic oxidation sites excluding steroid dienone is 2. The van der Waals surface area contributed by atoms with Gasteiger partial charge in [-0.15, -0.1) is 0 Å². The Morgan fingerprint density at radius 2 is 2.18 bits per heavy atom. The van der Waals surface area contributed by atoms with Gasteiger partial charge in [-0.25, -0.2) is 0 Å². The summed E-state index contributed by atoms with van der Waals surface area (Å²) in [5.74, 6) is 1.02. The molecule has 0 fully saturated rings. The van der Waals surface area contributed by atoms with Crippen molar-refractivity contribution in [2.24, 2.45) is 0 Å². The largest absolute Gasteiger partial charge is 0.514 e. The summed E-state index contributed by atoms with van der Waals surface area (Å²) in [6.45, 7) is 5.32. The van der Waals surface area contributed by atoms with Gasteiger partial charge in [-0.3, -0.25) is 0 Å². The fourth-order valence-corrected chi connectivity index (χ4v) is 0.512. The topological polar surface area (TPSA) is 29.5 Å². The van der Waals surface area contributed by atoms with Gasteiger partial charge < -0.3 is 9.84 Å². The second-order valence-electron chi connectivity index (χ2n) is 1.72. The van der Waals surface area contributed by atoms with Crippen LogP contribution >= 0.6 is 31.9 Å². The van der Waals surface area contributed by atoms with E-state index in [1.165, 1.54) is 0 Å². The summed E-state index contributed by atoms with van der Waals surface area (Å²) < 4.78 is 5.52. The van der Waals surface area contributed by atoms with Crippen LogP contribution in [0.4, 0.5) is 0 Å². The van der Waals surface area contributed by atoms with Crippen LogP contribution in [0.1, 0.15) is 6.92 Å². The lowest BCUT2D eigenvalue weighted by molar-refractivity contribution is 0.321. The highest BCUT2D eigenvalue weighted by molar-refractivity contribution is 9.12. The van der Waals surface area contributed by atoms with Crippen molar-refractivity contribution in [3.05, 3.63) is 33.8 Å². The second kappa shape index (κ2) is 5.43. The van der Waals surface area contributed by atoms with Gasteiger partial charge in [-0.1, -0.05) is 22.5 Å². The minimum Gasteiger partial charge on any atom is -0.514 e.